The summed E-state index contributed by atoms with van der Waals surface area (Å²) >= 11 is 0. The maximum atomic E-state index is 12.3. The van der Waals surface area contributed by atoms with E-state index in [2.05, 4.69) is 13.8 Å². The van der Waals surface area contributed by atoms with Crippen molar-refractivity contribution in [3.8, 4) is 0 Å². The van der Waals surface area contributed by atoms with Crippen molar-refractivity contribution in [2.24, 2.45) is 10.7 Å². The number of nitrogens with zero attached hydrogens (tertiary/aromatic N) is 2. The molecule has 0 bridgehead atoms. The quantitative estimate of drug-likeness (QED) is 0.724. The van der Waals surface area contributed by atoms with Crippen molar-refractivity contribution >= 4 is 20.7 Å². The van der Waals surface area contributed by atoms with Gasteiger partial charge in [0, 0.05) is 25.9 Å². The van der Waals surface area contributed by atoms with E-state index in [0.717, 1.165) is 38.8 Å². The number of hydrogen-bond acceptors (Lipinski definition) is 3. The minimum absolute atomic E-state index is 0.0946. The third-order valence-electron chi connectivity index (χ3n) is 3.78. The second kappa shape index (κ2) is 5.72. The van der Waals surface area contributed by atoms with Gasteiger partial charge in [-0.25, -0.2) is 0 Å². The van der Waals surface area contributed by atoms with E-state index in [1.165, 1.54) is 0 Å². The van der Waals surface area contributed by atoms with Crippen LogP contribution in [0.2, 0.25) is 0 Å². The SMILES string of the molecule is O=C1CCCC(C(N=P)C(=O)N2CCCC2)C1. The third kappa shape index (κ3) is 2.92. The number of hydrogen-bond donors (Lipinski definition) is 0. The van der Waals surface area contributed by atoms with Crippen molar-refractivity contribution in [1.29, 1.82) is 0 Å². The molecule has 0 spiro atoms. The first-order chi connectivity index (χ1) is 8.22. The molecule has 2 atom stereocenters. The molecule has 17 heavy (non-hydrogen) atoms. The van der Waals surface area contributed by atoms with Gasteiger partial charge in [-0.1, -0.05) is 0 Å². The molecular formula is C12H19N2O2P. The Labute approximate surface area is 104 Å². The summed E-state index contributed by atoms with van der Waals surface area (Å²) in [6.07, 6.45) is 5.19. The number of carbonyl (C=O) groups is 2. The molecule has 0 radical (unpaired) electrons. The first-order valence-electron chi connectivity index (χ1n) is 6.39. The second-order valence-corrected chi connectivity index (χ2v) is 5.26. The van der Waals surface area contributed by atoms with Crippen molar-refractivity contribution in [3.63, 3.8) is 0 Å². The fourth-order valence-electron chi connectivity index (χ4n) is 2.81. The van der Waals surface area contributed by atoms with Crippen LogP contribution in [-0.2, 0) is 9.59 Å². The molecule has 2 unspecified atom stereocenters. The zero-order valence-corrected chi connectivity index (χ0v) is 11.0. The van der Waals surface area contributed by atoms with Crippen molar-refractivity contribution in [3.05, 3.63) is 0 Å². The lowest BCUT2D eigenvalue weighted by Gasteiger charge is -2.28. The summed E-state index contributed by atoms with van der Waals surface area (Å²) in [6.45, 7) is 1.69. The highest BCUT2D eigenvalue weighted by Crippen LogP contribution is 2.28. The molecule has 5 heteroatoms. The summed E-state index contributed by atoms with van der Waals surface area (Å²) in [6, 6.07) is -0.367. The maximum Gasteiger partial charge on any atom is 0.248 e. The van der Waals surface area contributed by atoms with Gasteiger partial charge in [0.2, 0.25) is 5.91 Å². The minimum Gasteiger partial charge on any atom is -0.341 e. The molecule has 2 aliphatic rings. The highest BCUT2D eigenvalue weighted by molar-refractivity contribution is 7.04. The normalized spacial score (nSPS) is 26.9. The lowest BCUT2D eigenvalue weighted by Crippen LogP contribution is -2.41. The van der Waals surface area contributed by atoms with E-state index < -0.39 is 0 Å². The van der Waals surface area contributed by atoms with Crippen LogP contribution in [0.25, 0.3) is 0 Å². The molecule has 2 fully saturated rings. The van der Waals surface area contributed by atoms with Crippen molar-refractivity contribution in [2.75, 3.05) is 13.1 Å². The van der Waals surface area contributed by atoms with Gasteiger partial charge in [-0.15, -0.1) is 0 Å². The molecule has 1 aliphatic heterocycles. The van der Waals surface area contributed by atoms with E-state index >= 15 is 0 Å². The lowest BCUT2D eigenvalue weighted by molar-refractivity contribution is -0.133. The van der Waals surface area contributed by atoms with Gasteiger partial charge in [-0.2, -0.15) is 0 Å². The van der Waals surface area contributed by atoms with Crippen LogP contribution < -0.4 is 0 Å². The van der Waals surface area contributed by atoms with Crippen LogP contribution in [0.4, 0.5) is 0 Å². The van der Waals surface area contributed by atoms with E-state index in [9.17, 15) is 9.59 Å². The summed E-state index contributed by atoms with van der Waals surface area (Å²) in [7, 11) is 3.14. The molecule has 1 aliphatic carbocycles. The Hall–Kier alpha value is -0.760. The predicted molar refractivity (Wildman–Crippen MR) is 67.3 cm³/mol. The molecule has 1 saturated heterocycles. The molecule has 0 aromatic heterocycles. The van der Waals surface area contributed by atoms with Gasteiger partial charge in [0.1, 0.15) is 11.8 Å². The van der Waals surface area contributed by atoms with E-state index in [1.54, 1.807) is 0 Å². The zero-order chi connectivity index (χ0) is 12.3. The molecular weight excluding hydrogens is 235 g/mol. The van der Waals surface area contributed by atoms with Crippen molar-refractivity contribution < 1.29 is 9.59 Å². The fraction of sp³-hybridized carbons (Fsp3) is 0.833. The summed E-state index contributed by atoms with van der Waals surface area (Å²) in [5.74, 6) is 0.467. The lowest BCUT2D eigenvalue weighted by atomic mass is 9.83. The number of amides is 1. The summed E-state index contributed by atoms with van der Waals surface area (Å²) in [4.78, 5) is 25.6. The van der Waals surface area contributed by atoms with E-state index in [-0.39, 0.29) is 23.7 Å². The molecule has 1 heterocycles. The topological polar surface area (TPSA) is 49.7 Å². The van der Waals surface area contributed by atoms with Crippen LogP contribution in [0.1, 0.15) is 38.5 Å². The van der Waals surface area contributed by atoms with E-state index in [1.807, 2.05) is 4.90 Å². The van der Waals surface area contributed by atoms with Gasteiger partial charge in [0.05, 0.1) is 0 Å². The van der Waals surface area contributed by atoms with Crippen molar-refractivity contribution in [1.82, 2.24) is 4.90 Å². The van der Waals surface area contributed by atoms with Gasteiger partial charge in [-0.05, 0) is 40.6 Å². The smallest absolute Gasteiger partial charge is 0.248 e. The largest absolute Gasteiger partial charge is 0.341 e. The molecule has 0 N–H and O–H groups in total. The van der Waals surface area contributed by atoms with E-state index in [4.69, 9.17) is 0 Å². The molecule has 94 valence electrons. The van der Waals surface area contributed by atoms with Gasteiger partial charge in [0.15, 0.2) is 0 Å². The third-order valence-corrected chi connectivity index (χ3v) is 4.05. The average molecular weight is 254 g/mol. The number of Topliss-reactive ketones (excluding diaryl/α,β-unsaturated/α-hetero) is 1. The van der Waals surface area contributed by atoms with Crippen LogP contribution in [-0.4, -0.2) is 35.7 Å². The molecule has 1 amide bonds. The standard InChI is InChI=1S/C12H19N2O2P/c15-10-5-3-4-9(8-10)11(13-17)12(16)14-6-1-2-7-14/h9,11,17H,1-8H2. The average Bonchev–Trinajstić information content (AvgIpc) is 2.83. The predicted octanol–water partition coefficient (Wildman–Crippen LogP) is 2.06. The molecule has 0 aromatic rings. The Bertz CT molecular complexity index is 326. The van der Waals surface area contributed by atoms with Gasteiger partial charge >= 0.3 is 0 Å². The minimum atomic E-state index is -0.367. The monoisotopic (exact) mass is 254 g/mol. The number of ketones is 1. The zero-order valence-electron chi connectivity index (χ0n) is 10.0. The van der Waals surface area contributed by atoms with Gasteiger partial charge in [0.25, 0.3) is 0 Å². The van der Waals surface area contributed by atoms with Gasteiger partial charge < -0.3 is 4.90 Å². The summed E-state index contributed by atoms with van der Waals surface area (Å²) in [5, 5.41) is 0. The number of carbonyl (C=O) groups excluding carboxylic acids is 2. The Morgan fingerprint density at radius 3 is 2.65 bits per heavy atom. The van der Waals surface area contributed by atoms with Crippen LogP contribution in [0.3, 0.4) is 0 Å². The van der Waals surface area contributed by atoms with E-state index in [0.29, 0.717) is 12.8 Å². The second-order valence-electron chi connectivity index (χ2n) is 5.00. The molecule has 1 saturated carbocycles. The Morgan fingerprint density at radius 2 is 2.06 bits per heavy atom. The molecule has 0 aromatic carbocycles. The Morgan fingerprint density at radius 1 is 1.35 bits per heavy atom. The highest BCUT2D eigenvalue weighted by atomic mass is 31.0. The summed E-state index contributed by atoms with van der Waals surface area (Å²) in [5.41, 5.74) is 0. The van der Waals surface area contributed by atoms with Crippen LogP contribution in [0.5, 0.6) is 0 Å². The van der Waals surface area contributed by atoms with Gasteiger partial charge in [-0.3, -0.25) is 14.3 Å². The number of likely N-dealkylation sites (tertiary alicyclic amines) is 1. The maximum absolute atomic E-state index is 12.3. The molecule has 4 nitrogen and oxygen atoms in total. The fourth-order valence-corrected chi connectivity index (χ4v) is 3.14. The molecule has 2 rings (SSSR count). The van der Waals surface area contributed by atoms with Crippen molar-refractivity contribution in [2.45, 2.75) is 44.6 Å². The number of rotatable bonds is 3. The first-order valence-corrected chi connectivity index (χ1v) is 6.84. The van der Waals surface area contributed by atoms with Crippen LogP contribution >= 0.6 is 9.03 Å². The van der Waals surface area contributed by atoms with Crippen LogP contribution in [0, 0.1) is 5.92 Å². The van der Waals surface area contributed by atoms with Crippen LogP contribution in [0.15, 0.2) is 4.74 Å². The first kappa shape index (κ1) is 12.7. The Balaban J connectivity index is 2.01. The highest BCUT2D eigenvalue weighted by Gasteiger charge is 2.34. The summed E-state index contributed by atoms with van der Waals surface area (Å²) < 4.78 is 4.05. The Kier molecular flexibility index (Phi) is 4.27.